The van der Waals surface area contributed by atoms with Gasteiger partial charge in [-0.2, -0.15) is 0 Å². The van der Waals surface area contributed by atoms with E-state index in [2.05, 4.69) is 15.1 Å². The number of nitrogens with zero attached hydrogens (tertiary/aromatic N) is 2. The minimum atomic E-state index is 0.873. The van der Waals surface area contributed by atoms with E-state index in [4.69, 9.17) is 0 Å². The molecule has 3 rings (SSSR count). The molecule has 3 nitrogen and oxygen atoms in total. The maximum absolute atomic E-state index is 3.43. The van der Waals surface area contributed by atoms with Crippen LogP contribution in [0, 0.1) is 0 Å². The topological polar surface area (TPSA) is 18.5 Å². The third kappa shape index (κ3) is 1.81. The molecule has 0 spiro atoms. The molecule has 1 aliphatic carbocycles. The zero-order chi connectivity index (χ0) is 9.38. The van der Waals surface area contributed by atoms with Crippen molar-refractivity contribution in [2.75, 3.05) is 39.3 Å². The van der Waals surface area contributed by atoms with Crippen LogP contribution in [0.3, 0.4) is 0 Å². The van der Waals surface area contributed by atoms with Crippen molar-refractivity contribution in [1.82, 2.24) is 15.1 Å². The van der Waals surface area contributed by atoms with E-state index >= 15 is 0 Å². The Balaban J connectivity index is 1.52. The van der Waals surface area contributed by atoms with Gasteiger partial charge in [-0.3, -0.25) is 9.80 Å². The Morgan fingerprint density at radius 2 is 1.57 bits per heavy atom. The van der Waals surface area contributed by atoms with Crippen LogP contribution in [-0.2, 0) is 0 Å². The minimum absolute atomic E-state index is 0.873. The lowest BCUT2D eigenvalue weighted by atomic mass is 10.2. The predicted molar refractivity (Wildman–Crippen MR) is 57.4 cm³/mol. The van der Waals surface area contributed by atoms with Gasteiger partial charge in [-0.05, 0) is 19.3 Å². The van der Waals surface area contributed by atoms with Crippen LogP contribution in [0.1, 0.15) is 19.3 Å². The molecule has 2 heterocycles. The quantitative estimate of drug-likeness (QED) is 0.675. The second-order valence-corrected chi connectivity index (χ2v) is 4.95. The van der Waals surface area contributed by atoms with Gasteiger partial charge in [0.05, 0.1) is 0 Å². The number of nitrogens with one attached hydrogen (secondary N) is 1. The van der Waals surface area contributed by atoms with Gasteiger partial charge in [0, 0.05) is 51.4 Å². The second kappa shape index (κ2) is 3.80. The summed E-state index contributed by atoms with van der Waals surface area (Å²) < 4.78 is 0. The Hall–Kier alpha value is -0.120. The van der Waals surface area contributed by atoms with Crippen molar-refractivity contribution in [1.29, 1.82) is 0 Å². The van der Waals surface area contributed by atoms with Crippen molar-refractivity contribution in [3.63, 3.8) is 0 Å². The van der Waals surface area contributed by atoms with Crippen LogP contribution in [0.15, 0.2) is 0 Å². The first-order valence-corrected chi connectivity index (χ1v) is 6.12. The molecular formula is C11H21N3. The molecule has 0 amide bonds. The van der Waals surface area contributed by atoms with Gasteiger partial charge < -0.3 is 5.32 Å². The third-order valence-corrected chi connectivity index (χ3v) is 3.93. The lowest BCUT2D eigenvalue weighted by Gasteiger charge is -2.32. The number of likely N-dealkylation sites (tertiary alicyclic amines) is 1. The lowest BCUT2D eigenvalue weighted by molar-refractivity contribution is 0.170. The third-order valence-electron chi connectivity index (χ3n) is 3.93. The van der Waals surface area contributed by atoms with Crippen LogP contribution in [0.2, 0.25) is 0 Å². The molecule has 1 saturated carbocycles. The van der Waals surface area contributed by atoms with Gasteiger partial charge in [0.2, 0.25) is 0 Å². The van der Waals surface area contributed by atoms with E-state index in [0.29, 0.717) is 0 Å². The Kier molecular flexibility index (Phi) is 2.48. The van der Waals surface area contributed by atoms with Crippen molar-refractivity contribution in [3.05, 3.63) is 0 Å². The molecule has 14 heavy (non-hydrogen) atoms. The molecule has 80 valence electrons. The van der Waals surface area contributed by atoms with Crippen molar-refractivity contribution in [2.45, 2.75) is 31.3 Å². The van der Waals surface area contributed by atoms with Gasteiger partial charge >= 0.3 is 0 Å². The molecule has 3 aliphatic rings. The summed E-state index contributed by atoms with van der Waals surface area (Å²) in [5.74, 6) is 0. The van der Waals surface area contributed by atoms with Crippen LogP contribution in [0.5, 0.6) is 0 Å². The molecule has 3 fully saturated rings. The van der Waals surface area contributed by atoms with Crippen molar-refractivity contribution < 1.29 is 0 Å². The van der Waals surface area contributed by atoms with Gasteiger partial charge in [0.25, 0.3) is 0 Å². The van der Waals surface area contributed by atoms with E-state index in [1.807, 2.05) is 0 Å². The summed E-state index contributed by atoms with van der Waals surface area (Å²) in [4.78, 5) is 5.41. The maximum atomic E-state index is 3.43. The van der Waals surface area contributed by atoms with Crippen LogP contribution < -0.4 is 5.32 Å². The number of hydrogen-bond donors (Lipinski definition) is 1. The van der Waals surface area contributed by atoms with E-state index < -0.39 is 0 Å². The van der Waals surface area contributed by atoms with E-state index in [1.165, 1.54) is 58.5 Å². The van der Waals surface area contributed by atoms with Crippen molar-refractivity contribution in [3.8, 4) is 0 Å². The Bertz CT molecular complexity index is 197. The summed E-state index contributed by atoms with van der Waals surface area (Å²) in [6.07, 6.45) is 4.35. The highest BCUT2D eigenvalue weighted by Crippen LogP contribution is 2.31. The smallest absolute Gasteiger partial charge is 0.0236 e. The average molecular weight is 195 g/mol. The maximum Gasteiger partial charge on any atom is 0.0236 e. The fourth-order valence-corrected chi connectivity index (χ4v) is 2.88. The van der Waals surface area contributed by atoms with Gasteiger partial charge in [0.1, 0.15) is 0 Å². The molecule has 0 bridgehead atoms. The zero-order valence-corrected chi connectivity index (χ0v) is 8.91. The molecule has 1 N–H and O–H groups in total. The van der Waals surface area contributed by atoms with Crippen LogP contribution in [0.25, 0.3) is 0 Å². The minimum Gasteiger partial charge on any atom is -0.314 e. The fourth-order valence-electron chi connectivity index (χ4n) is 2.88. The van der Waals surface area contributed by atoms with Crippen molar-refractivity contribution >= 4 is 0 Å². The van der Waals surface area contributed by atoms with Gasteiger partial charge in [-0.15, -0.1) is 0 Å². The zero-order valence-electron chi connectivity index (χ0n) is 8.91. The predicted octanol–water partition coefficient (Wildman–Crippen LogP) is 0.128. The highest BCUT2D eigenvalue weighted by atomic mass is 15.3. The molecule has 3 heteroatoms. The Labute approximate surface area is 86.4 Å². The molecule has 0 unspecified atom stereocenters. The lowest BCUT2D eigenvalue weighted by Crippen LogP contribution is -2.49. The molecular weight excluding hydrogens is 174 g/mol. The molecule has 2 aliphatic heterocycles. The van der Waals surface area contributed by atoms with Gasteiger partial charge in [-0.25, -0.2) is 0 Å². The first kappa shape index (κ1) is 9.13. The van der Waals surface area contributed by atoms with Gasteiger partial charge in [-0.1, -0.05) is 0 Å². The number of piperazine rings is 1. The fraction of sp³-hybridized carbons (Fsp3) is 1.00. The van der Waals surface area contributed by atoms with Crippen LogP contribution in [0.4, 0.5) is 0 Å². The van der Waals surface area contributed by atoms with E-state index in [0.717, 1.165) is 12.1 Å². The second-order valence-electron chi connectivity index (χ2n) is 4.95. The molecule has 1 atom stereocenters. The molecule has 2 saturated heterocycles. The van der Waals surface area contributed by atoms with Crippen LogP contribution in [-0.4, -0.2) is 61.2 Å². The monoisotopic (exact) mass is 195 g/mol. The summed E-state index contributed by atoms with van der Waals surface area (Å²) in [5, 5.41) is 3.43. The van der Waals surface area contributed by atoms with E-state index in [1.54, 1.807) is 0 Å². The standard InChI is InChI=1S/C11H21N3/c1-2-10(1)14-6-3-11(9-14)13-7-4-12-5-8-13/h10-12H,1-9H2/t11-/m0/s1. The first-order chi connectivity index (χ1) is 6.93. The summed E-state index contributed by atoms with van der Waals surface area (Å²) in [5.41, 5.74) is 0. The molecule has 0 aromatic rings. The molecule has 0 radical (unpaired) electrons. The highest BCUT2D eigenvalue weighted by Gasteiger charge is 2.36. The average Bonchev–Trinajstić information content (AvgIpc) is 2.98. The molecule has 0 aromatic carbocycles. The first-order valence-electron chi connectivity index (χ1n) is 6.12. The summed E-state index contributed by atoms with van der Waals surface area (Å²) in [6, 6.07) is 1.85. The summed E-state index contributed by atoms with van der Waals surface area (Å²) in [7, 11) is 0. The number of rotatable bonds is 2. The van der Waals surface area contributed by atoms with Crippen molar-refractivity contribution in [2.24, 2.45) is 0 Å². The largest absolute Gasteiger partial charge is 0.314 e. The SMILES string of the molecule is C1CN([C@H]2CCN(C3CC3)C2)CCN1. The van der Waals surface area contributed by atoms with E-state index in [9.17, 15) is 0 Å². The summed E-state index contributed by atoms with van der Waals surface area (Å²) in [6.45, 7) is 7.64. The van der Waals surface area contributed by atoms with E-state index in [-0.39, 0.29) is 0 Å². The van der Waals surface area contributed by atoms with Crippen LogP contribution >= 0.6 is 0 Å². The Morgan fingerprint density at radius 3 is 2.29 bits per heavy atom. The normalized spacial score (nSPS) is 36.4. The molecule has 0 aromatic heterocycles. The Morgan fingerprint density at radius 1 is 0.786 bits per heavy atom. The number of hydrogen-bond acceptors (Lipinski definition) is 3. The van der Waals surface area contributed by atoms with Gasteiger partial charge in [0.15, 0.2) is 0 Å². The highest BCUT2D eigenvalue weighted by molar-refractivity contribution is 4.93. The summed E-state index contributed by atoms with van der Waals surface area (Å²) >= 11 is 0.